The Morgan fingerprint density at radius 3 is 1.12 bits per heavy atom. The van der Waals surface area contributed by atoms with Crippen molar-refractivity contribution in [2.45, 2.75) is 156 Å². The first-order chi connectivity index (χ1) is 30.7. The monoisotopic (exact) mass is 978 g/mol. The number of carbonyl (C=O) groups excluding carboxylic acids is 4. The number of carboxylic acids is 2. The Morgan fingerprint density at radius 1 is 0.523 bits per heavy atom. The zero-order chi connectivity index (χ0) is 48.4. The number of hydrogen-bond donors (Lipinski definition) is 10. The van der Waals surface area contributed by atoms with E-state index in [9.17, 15) is 45.5 Å². The van der Waals surface area contributed by atoms with E-state index in [1.807, 2.05) is 23.5 Å². The Hall–Kier alpha value is -4.36. The normalized spacial score (nSPS) is 21.6. The number of halogens is 6. The van der Waals surface area contributed by atoms with Gasteiger partial charge in [-0.25, -0.2) is 19.6 Å². The standard InChI is InChI=1S/C35H62N10O4S2.2C2HF3O2/c36-34-42-24-22-50-26(32(24)44-34)12-5-7-16-30(48)38-18-9-1-3-14-28(46)40-20-11-21-41-29(47)15-4-2-10-19-39-31(49)17-8-6-13-27-33-25(23-51-27)43-35(37)45-33;2*3-2(4,5)1(6)7/h24-27,32-33H,1-23H2,(H,38,48)(H,39,49)(H,40,46)(H,41,47)(H3,36,42,44)(H3,37,43,45);2*(H,6,7)/t24-,25-,26-,27-,32-,33-;;/m0../s1. The zero-order valence-electron chi connectivity index (χ0n) is 36.2. The van der Waals surface area contributed by atoms with Crippen LogP contribution in [0, 0.1) is 0 Å². The van der Waals surface area contributed by atoms with Crippen molar-refractivity contribution in [2.24, 2.45) is 21.5 Å². The molecule has 26 heteroatoms. The van der Waals surface area contributed by atoms with E-state index in [0.29, 0.717) is 92.8 Å². The van der Waals surface area contributed by atoms with Crippen LogP contribution in [0.4, 0.5) is 26.3 Å². The average molecular weight is 979 g/mol. The average Bonchev–Trinajstić information content (AvgIpc) is 3.99. The summed E-state index contributed by atoms with van der Waals surface area (Å²) >= 11 is 3.91. The lowest BCUT2D eigenvalue weighted by Crippen LogP contribution is -2.38. The summed E-state index contributed by atoms with van der Waals surface area (Å²) in [6, 6.07) is 1.31. The Balaban J connectivity index is 0.000000894. The number of rotatable bonds is 26. The number of aliphatic carboxylic acids is 2. The van der Waals surface area contributed by atoms with Crippen LogP contribution >= 0.6 is 23.5 Å². The molecule has 4 aliphatic heterocycles. The van der Waals surface area contributed by atoms with Gasteiger partial charge in [0.25, 0.3) is 0 Å². The molecular formula is C39H64F6N10O8S2. The predicted octanol–water partition coefficient (Wildman–Crippen LogP) is 2.89. The van der Waals surface area contributed by atoms with Gasteiger partial charge in [-0.1, -0.05) is 25.7 Å². The molecule has 0 unspecified atom stereocenters. The third-order valence-corrected chi connectivity index (χ3v) is 13.4. The minimum absolute atomic E-state index is 0.0232. The maximum Gasteiger partial charge on any atom is 0.490 e. The highest BCUT2D eigenvalue weighted by Crippen LogP contribution is 2.36. The Labute approximate surface area is 382 Å². The minimum Gasteiger partial charge on any atom is -0.475 e. The van der Waals surface area contributed by atoms with Crippen LogP contribution in [0.2, 0.25) is 0 Å². The SMILES string of the molecule is NC1=N[C@H]2[C@H](CS[C@H]2CCCCC(=O)NCCCCCC(=O)NCCCNC(=O)CCCCCNC(=O)CCCC[C@@H]2SC[C@@H]3NC(N)=N[C@@H]32)N1.O=C(O)C(F)(F)F.O=C(O)C(F)(F)F. The van der Waals surface area contributed by atoms with E-state index >= 15 is 0 Å². The van der Waals surface area contributed by atoms with Crippen LogP contribution in [0.1, 0.15) is 109 Å². The summed E-state index contributed by atoms with van der Waals surface area (Å²) in [5, 5.41) is 33.5. The molecule has 0 aromatic heterocycles. The van der Waals surface area contributed by atoms with Gasteiger partial charge in [0.2, 0.25) is 23.6 Å². The molecule has 6 atom stereocenters. The number of alkyl halides is 6. The number of carbonyl (C=O) groups is 6. The smallest absolute Gasteiger partial charge is 0.475 e. The molecule has 0 saturated carbocycles. The number of aliphatic imine (C=N–C) groups is 2. The molecule has 0 aromatic carbocycles. The predicted molar refractivity (Wildman–Crippen MR) is 235 cm³/mol. The molecule has 372 valence electrons. The summed E-state index contributed by atoms with van der Waals surface area (Å²) in [6.07, 6.45) is 3.57. The zero-order valence-corrected chi connectivity index (χ0v) is 37.8. The lowest BCUT2D eigenvalue weighted by Gasteiger charge is -2.14. The number of fused-ring (bicyclic) bond motifs is 2. The molecule has 4 rings (SSSR count). The highest BCUT2D eigenvalue weighted by Gasteiger charge is 2.41. The molecule has 2 fully saturated rings. The second-order valence-electron chi connectivity index (χ2n) is 15.7. The van der Waals surface area contributed by atoms with E-state index in [1.165, 1.54) is 0 Å². The van der Waals surface area contributed by atoms with Crippen LogP contribution in [-0.4, -0.2) is 142 Å². The van der Waals surface area contributed by atoms with E-state index in [0.717, 1.165) is 88.6 Å². The van der Waals surface area contributed by atoms with E-state index in [2.05, 4.69) is 41.9 Å². The van der Waals surface area contributed by atoms with Gasteiger partial charge in [0.1, 0.15) is 0 Å². The molecule has 65 heavy (non-hydrogen) atoms. The molecule has 4 aliphatic rings. The van der Waals surface area contributed by atoms with E-state index in [4.69, 9.17) is 31.3 Å². The van der Waals surface area contributed by atoms with Gasteiger partial charge in [-0.05, 0) is 57.8 Å². The maximum atomic E-state index is 12.1. The number of hydrogen-bond acceptors (Lipinski definition) is 14. The van der Waals surface area contributed by atoms with Gasteiger partial charge >= 0.3 is 24.3 Å². The number of thioether (sulfide) groups is 2. The van der Waals surface area contributed by atoms with Gasteiger partial charge in [0.05, 0.1) is 24.2 Å². The fourth-order valence-corrected chi connectivity index (χ4v) is 10.1. The van der Waals surface area contributed by atoms with Crippen molar-refractivity contribution in [1.82, 2.24) is 31.9 Å². The molecule has 0 aromatic rings. The van der Waals surface area contributed by atoms with Gasteiger partial charge in [-0.15, -0.1) is 0 Å². The summed E-state index contributed by atoms with van der Waals surface area (Å²) in [7, 11) is 0. The van der Waals surface area contributed by atoms with Crippen LogP contribution in [0.5, 0.6) is 0 Å². The highest BCUT2D eigenvalue weighted by atomic mass is 32.2. The fraction of sp³-hybridized carbons (Fsp3) is 0.795. The van der Waals surface area contributed by atoms with Crippen molar-refractivity contribution < 1.29 is 65.3 Å². The summed E-state index contributed by atoms with van der Waals surface area (Å²) in [4.78, 5) is 75.3. The Bertz CT molecular complexity index is 1480. The second-order valence-corrected chi connectivity index (χ2v) is 18.3. The fourth-order valence-electron chi connectivity index (χ4n) is 7.04. The molecule has 4 heterocycles. The van der Waals surface area contributed by atoms with Crippen molar-refractivity contribution in [1.29, 1.82) is 0 Å². The van der Waals surface area contributed by atoms with Crippen LogP contribution in [0.15, 0.2) is 9.98 Å². The van der Waals surface area contributed by atoms with Gasteiger partial charge in [-0.2, -0.15) is 49.9 Å². The molecule has 0 spiro atoms. The molecule has 0 aliphatic carbocycles. The van der Waals surface area contributed by atoms with Crippen molar-refractivity contribution >= 4 is 71.0 Å². The number of nitrogens with zero attached hydrogens (tertiary/aromatic N) is 2. The summed E-state index contributed by atoms with van der Waals surface area (Å²) < 4.78 is 63.5. The largest absolute Gasteiger partial charge is 0.490 e. The lowest BCUT2D eigenvalue weighted by atomic mass is 10.0. The van der Waals surface area contributed by atoms with Crippen LogP contribution < -0.4 is 43.4 Å². The number of nitrogens with two attached hydrogens (primary N) is 2. The first-order valence-electron chi connectivity index (χ1n) is 21.8. The van der Waals surface area contributed by atoms with Gasteiger partial charge in [0, 0.05) is 73.9 Å². The molecule has 2 saturated heterocycles. The van der Waals surface area contributed by atoms with E-state index in [-0.39, 0.29) is 35.7 Å². The van der Waals surface area contributed by atoms with Crippen molar-refractivity contribution in [3.05, 3.63) is 0 Å². The maximum absolute atomic E-state index is 12.1. The molecule has 12 N–H and O–H groups in total. The molecule has 18 nitrogen and oxygen atoms in total. The van der Waals surface area contributed by atoms with Crippen LogP contribution in [-0.2, 0) is 28.8 Å². The third kappa shape index (κ3) is 24.7. The van der Waals surface area contributed by atoms with Gasteiger partial charge in [-0.3, -0.25) is 19.2 Å². The minimum atomic E-state index is -5.08. The summed E-state index contributed by atoms with van der Waals surface area (Å²) in [6.45, 7) is 2.36. The van der Waals surface area contributed by atoms with Crippen LogP contribution in [0.25, 0.3) is 0 Å². The number of unbranched alkanes of at least 4 members (excludes halogenated alkanes) is 6. The number of guanidine groups is 2. The molecule has 0 bridgehead atoms. The van der Waals surface area contributed by atoms with Gasteiger partial charge < -0.3 is 53.6 Å². The Kier molecular flexibility index (Phi) is 26.2. The van der Waals surface area contributed by atoms with Gasteiger partial charge in [0.15, 0.2) is 11.9 Å². The second kappa shape index (κ2) is 30.0. The Morgan fingerprint density at radius 2 is 0.815 bits per heavy atom. The molecule has 0 radical (unpaired) electrons. The molecule has 4 amide bonds. The van der Waals surface area contributed by atoms with Crippen molar-refractivity contribution in [2.75, 3.05) is 37.7 Å². The summed E-state index contributed by atoms with van der Waals surface area (Å²) in [5.41, 5.74) is 11.6. The highest BCUT2D eigenvalue weighted by molar-refractivity contribution is 8.00. The first-order valence-corrected chi connectivity index (χ1v) is 23.9. The lowest BCUT2D eigenvalue weighted by molar-refractivity contribution is -0.193. The molecular weight excluding hydrogens is 915 g/mol. The third-order valence-electron chi connectivity index (χ3n) is 10.4. The number of nitrogens with one attached hydrogen (secondary N) is 6. The number of amides is 4. The quantitative estimate of drug-likeness (QED) is 0.0441. The topological polar surface area (TPSA) is 292 Å². The summed E-state index contributed by atoms with van der Waals surface area (Å²) in [5.74, 6) is -2.06. The van der Waals surface area contributed by atoms with Crippen LogP contribution in [0.3, 0.4) is 0 Å². The van der Waals surface area contributed by atoms with E-state index < -0.39 is 24.3 Å². The van der Waals surface area contributed by atoms with Crippen molar-refractivity contribution in [3.8, 4) is 0 Å². The number of carboxylic acid groups (broad SMARTS) is 2. The first kappa shape index (κ1) is 56.8. The van der Waals surface area contributed by atoms with Crippen molar-refractivity contribution in [3.63, 3.8) is 0 Å². The van der Waals surface area contributed by atoms with E-state index in [1.54, 1.807) is 0 Å².